The summed E-state index contributed by atoms with van der Waals surface area (Å²) in [4.78, 5) is 4.00. The molecule has 1 aromatic rings. The highest BCUT2D eigenvalue weighted by Gasteiger charge is 2.29. The summed E-state index contributed by atoms with van der Waals surface area (Å²) in [5.41, 5.74) is 0.810. The Kier molecular flexibility index (Phi) is 4.76. The van der Waals surface area contributed by atoms with Gasteiger partial charge in [-0.15, -0.1) is 0 Å². The van der Waals surface area contributed by atoms with E-state index in [1.807, 2.05) is 5.43 Å². The number of benzene rings is 1. The first-order valence-electron chi connectivity index (χ1n) is 6.53. The first-order valence-corrected chi connectivity index (χ1v) is 6.53. The smallest absolute Gasteiger partial charge is 0.200 e. The molecule has 0 amide bonds. The maximum Gasteiger partial charge on any atom is 0.200 e. The minimum atomic E-state index is -2.21. The molecule has 0 bridgehead atoms. The van der Waals surface area contributed by atoms with E-state index in [-0.39, 0.29) is 6.04 Å². The van der Waals surface area contributed by atoms with Gasteiger partial charge in [0.2, 0.25) is 5.82 Å². The van der Waals surface area contributed by atoms with E-state index in [4.69, 9.17) is 5.84 Å². The minimum absolute atomic E-state index is 0.250. The minimum Gasteiger partial charge on any atom is -0.308 e. The van der Waals surface area contributed by atoms with Crippen LogP contribution in [0.4, 0.5) is 22.0 Å². The number of amidine groups is 1. The van der Waals surface area contributed by atoms with Gasteiger partial charge in [0.25, 0.3) is 0 Å². The Morgan fingerprint density at radius 2 is 1.33 bits per heavy atom. The van der Waals surface area contributed by atoms with E-state index < -0.39 is 40.5 Å². The molecule has 3 nitrogen and oxygen atoms in total. The van der Waals surface area contributed by atoms with Crippen LogP contribution in [-0.4, -0.2) is 11.9 Å². The summed E-state index contributed by atoms with van der Waals surface area (Å²) in [6.07, 6.45) is 4.17. The molecule has 8 heteroatoms. The third kappa shape index (κ3) is 2.99. The Bertz CT molecular complexity index is 538. The number of nitrogens with one attached hydrogen (secondary N) is 1. The molecule has 0 radical (unpaired) electrons. The molecule has 3 N–H and O–H groups in total. The molecule has 21 heavy (non-hydrogen) atoms. The molecule has 116 valence electrons. The van der Waals surface area contributed by atoms with Crippen LogP contribution in [-0.2, 0) is 0 Å². The second-order valence-electron chi connectivity index (χ2n) is 4.86. The van der Waals surface area contributed by atoms with Crippen molar-refractivity contribution in [3.8, 4) is 0 Å². The molecule has 1 saturated carbocycles. The van der Waals surface area contributed by atoms with E-state index in [9.17, 15) is 22.0 Å². The van der Waals surface area contributed by atoms with Gasteiger partial charge in [0.15, 0.2) is 23.3 Å². The molecule has 1 aromatic carbocycles. The van der Waals surface area contributed by atoms with Crippen molar-refractivity contribution in [1.29, 1.82) is 0 Å². The molecular formula is C13H14F5N3. The number of nitrogens with two attached hydrogens (primary N) is 1. The zero-order valence-corrected chi connectivity index (χ0v) is 11.0. The number of aliphatic imine (C=N–C) groups is 1. The highest BCUT2D eigenvalue weighted by Crippen LogP contribution is 2.25. The number of hydrazine groups is 1. The van der Waals surface area contributed by atoms with E-state index in [2.05, 4.69) is 4.99 Å². The third-order valence-corrected chi connectivity index (χ3v) is 3.47. The summed E-state index contributed by atoms with van der Waals surface area (Å²) >= 11 is 0. The molecule has 1 aliphatic carbocycles. The van der Waals surface area contributed by atoms with Gasteiger partial charge in [-0.3, -0.25) is 4.99 Å². The fourth-order valence-corrected chi connectivity index (χ4v) is 2.38. The maximum absolute atomic E-state index is 13.7. The first-order chi connectivity index (χ1) is 9.97. The average Bonchev–Trinajstić information content (AvgIpc) is 2.51. The number of nitrogens with zero attached hydrogens (tertiary/aromatic N) is 1. The summed E-state index contributed by atoms with van der Waals surface area (Å²) in [6, 6.07) is -0.250. The normalized spacial score (nSPS) is 17.1. The van der Waals surface area contributed by atoms with Crippen LogP contribution >= 0.6 is 0 Å². The fourth-order valence-electron chi connectivity index (χ4n) is 2.38. The molecule has 0 aliphatic heterocycles. The van der Waals surface area contributed by atoms with Crippen LogP contribution in [0.1, 0.15) is 37.7 Å². The van der Waals surface area contributed by atoms with E-state index in [1.54, 1.807) is 0 Å². The Labute approximate surface area is 118 Å². The summed E-state index contributed by atoms with van der Waals surface area (Å²) in [6.45, 7) is 0. The molecule has 0 unspecified atom stereocenters. The highest BCUT2D eigenvalue weighted by atomic mass is 19.2. The lowest BCUT2D eigenvalue weighted by molar-refractivity contribution is 0.376. The molecular weight excluding hydrogens is 293 g/mol. The molecule has 1 aliphatic rings. The van der Waals surface area contributed by atoms with Crippen LogP contribution < -0.4 is 11.3 Å². The predicted octanol–water partition coefficient (Wildman–Crippen LogP) is 2.92. The molecule has 0 spiro atoms. The topological polar surface area (TPSA) is 50.4 Å². The Morgan fingerprint density at radius 1 is 0.857 bits per heavy atom. The molecule has 0 saturated heterocycles. The highest BCUT2D eigenvalue weighted by molar-refractivity contribution is 5.99. The Hall–Kier alpha value is -1.70. The maximum atomic E-state index is 13.7. The summed E-state index contributed by atoms with van der Waals surface area (Å²) in [7, 11) is 0. The summed E-state index contributed by atoms with van der Waals surface area (Å²) in [5.74, 6) is -5.52. The van der Waals surface area contributed by atoms with Crippen LogP contribution in [0.15, 0.2) is 4.99 Å². The monoisotopic (exact) mass is 307 g/mol. The van der Waals surface area contributed by atoms with Gasteiger partial charge in [-0.05, 0) is 12.8 Å². The number of rotatable bonds is 2. The van der Waals surface area contributed by atoms with Crippen molar-refractivity contribution in [2.45, 2.75) is 38.1 Å². The van der Waals surface area contributed by atoms with E-state index in [0.29, 0.717) is 12.8 Å². The Morgan fingerprint density at radius 3 is 1.81 bits per heavy atom. The largest absolute Gasteiger partial charge is 0.308 e. The van der Waals surface area contributed by atoms with Crippen LogP contribution in [0.3, 0.4) is 0 Å². The lowest BCUT2D eigenvalue weighted by Crippen LogP contribution is -2.35. The summed E-state index contributed by atoms with van der Waals surface area (Å²) < 4.78 is 66.8. The second-order valence-corrected chi connectivity index (χ2v) is 4.86. The number of hydrogen-bond donors (Lipinski definition) is 2. The standard InChI is InChI=1S/C13H14F5N3/c14-8-7(9(15)11(17)12(18)10(8)16)13(21-19)20-6-4-2-1-3-5-6/h6H,1-5,19H2,(H,20,21). The van der Waals surface area contributed by atoms with Gasteiger partial charge in [-0.2, -0.15) is 0 Å². The van der Waals surface area contributed by atoms with E-state index in [1.165, 1.54) is 0 Å². The number of hydrogen-bond acceptors (Lipinski definition) is 2. The molecule has 1 fully saturated rings. The molecule has 2 rings (SSSR count). The van der Waals surface area contributed by atoms with Gasteiger partial charge in [0, 0.05) is 0 Å². The fraction of sp³-hybridized carbons (Fsp3) is 0.462. The van der Waals surface area contributed by atoms with Gasteiger partial charge >= 0.3 is 0 Å². The summed E-state index contributed by atoms with van der Waals surface area (Å²) in [5, 5.41) is 0. The SMILES string of the molecule is NNC(=NC1CCCCC1)c1c(F)c(F)c(F)c(F)c1F. The van der Waals surface area contributed by atoms with Gasteiger partial charge in [0.1, 0.15) is 5.84 Å². The van der Waals surface area contributed by atoms with Crippen LogP contribution in [0.5, 0.6) is 0 Å². The van der Waals surface area contributed by atoms with Gasteiger partial charge in [0.05, 0.1) is 11.6 Å². The second kappa shape index (κ2) is 6.38. The van der Waals surface area contributed by atoms with Gasteiger partial charge in [-0.25, -0.2) is 27.8 Å². The van der Waals surface area contributed by atoms with Crippen LogP contribution in [0, 0.1) is 29.1 Å². The zero-order valence-electron chi connectivity index (χ0n) is 11.0. The van der Waals surface area contributed by atoms with Gasteiger partial charge in [-0.1, -0.05) is 19.3 Å². The van der Waals surface area contributed by atoms with E-state index in [0.717, 1.165) is 19.3 Å². The van der Waals surface area contributed by atoms with Crippen molar-refractivity contribution in [2.75, 3.05) is 0 Å². The van der Waals surface area contributed by atoms with Crippen molar-refractivity contribution in [1.82, 2.24) is 5.43 Å². The zero-order chi connectivity index (χ0) is 15.6. The Balaban J connectivity index is 2.49. The van der Waals surface area contributed by atoms with E-state index >= 15 is 0 Å². The predicted molar refractivity (Wildman–Crippen MR) is 67.0 cm³/mol. The number of halogens is 5. The first kappa shape index (κ1) is 15.7. The van der Waals surface area contributed by atoms with Crippen molar-refractivity contribution in [3.63, 3.8) is 0 Å². The van der Waals surface area contributed by atoms with Crippen molar-refractivity contribution in [2.24, 2.45) is 10.8 Å². The average molecular weight is 307 g/mol. The van der Waals surface area contributed by atoms with Crippen molar-refractivity contribution < 1.29 is 22.0 Å². The van der Waals surface area contributed by atoms with Gasteiger partial charge < -0.3 is 5.43 Å². The molecule has 0 heterocycles. The lowest BCUT2D eigenvalue weighted by atomic mass is 9.96. The van der Waals surface area contributed by atoms with Crippen LogP contribution in [0.2, 0.25) is 0 Å². The molecule has 0 atom stereocenters. The van der Waals surface area contributed by atoms with Crippen LogP contribution in [0.25, 0.3) is 0 Å². The molecule has 0 aromatic heterocycles. The van der Waals surface area contributed by atoms with Crippen molar-refractivity contribution >= 4 is 5.84 Å². The quantitative estimate of drug-likeness (QED) is 0.168. The third-order valence-electron chi connectivity index (χ3n) is 3.47. The lowest BCUT2D eigenvalue weighted by Gasteiger charge is -2.19. The van der Waals surface area contributed by atoms with Crippen molar-refractivity contribution in [3.05, 3.63) is 34.6 Å².